The summed E-state index contributed by atoms with van der Waals surface area (Å²) in [6, 6.07) is 8.09. The maximum Gasteiger partial charge on any atom is 0.330 e. The summed E-state index contributed by atoms with van der Waals surface area (Å²) < 4.78 is 0.944. The maximum atomic E-state index is 12.1. The van der Waals surface area contributed by atoms with Crippen molar-refractivity contribution >= 4 is 39.1 Å². The first kappa shape index (κ1) is 16.7. The Kier molecular flexibility index (Phi) is 5.37. The highest BCUT2D eigenvalue weighted by Gasteiger charge is 2.22. The Morgan fingerprint density at radius 2 is 1.95 bits per heavy atom. The summed E-state index contributed by atoms with van der Waals surface area (Å²) in [5.41, 5.74) is 2.67. The van der Waals surface area contributed by atoms with Crippen LogP contribution in [0.4, 0.5) is 0 Å². The van der Waals surface area contributed by atoms with Crippen LogP contribution in [0.25, 0.3) is 0 Å². The monoisotopic (exact) mass is 381 g/mol. The van der Waals surface area contributed by atoms with Crippen molar-refractivity contribution in [2.24, 2.45) is 0 Å². The van der Waals surface area contributed by atoms with Crippen molar-refractivity contribution in [3.8, 4) is 0 Å². The number of thiophene rings is 1. The minimum absolute atomic E-state index is 0.172. The van der Waals surface area contributed by atoms with Crippen LogP contribution >= 0.6 is 27.3 Å². The number of halogens is 1. The molecule has 1 aromatic heterocycles. The largest absolute Gasteiger partial charge is 0.479 e. The highest BCUT2D eigenvalue weighted by atomic mass is 79.9. The molecule has 0 spiro atoms. The van der Waals surface area contributed by atoms with E-state index in [0.717, 1.165) is 19.8 Å². The van der Waals surface area contributed by atoms with E-state index in [1.165, 1.54) is 11.3 Å². The van der Waals surface area contributed by atoms with Gasteiger partial charge >= 0.3 is 5.97 Å². The predicted octanol–water partition coefficient (Wildman–Crippen LogP) is 3.61. The van der Waals surface area contributed by atoms with Gasteiger partial charge in [-0.15, -0.1) is 11.3 Å². The van der Waals surface area contributed by atoms with Crippen molar-refractivity contribution in [1.82, 2.24) is 5.32 Å². The van der Waals surface area contributed by atoms with Gasteiger partial charge in [-0.2, -0.15) is 0 Å². The number of rotatable bonds is 5. The lowest BCUT2D eigenvalue weighted by Gasteiger charge is -2.16. The van der Waals surface area contributed by atoms with E-state index in [1.807, 2.05) is 32.0 Å². The first-order valence-electron chi connectivity index (χ1n) is 6.70. The van der Waals surface area contributed by atoms with Gasteiger partial charge < -0.3 is 10.4 Å². The van der Waals surface area contributed by atoms with Crippen LogP contribution in [-0.2, 0) is 16.0 Å². The molecule has 4 nitrogen and oxygen atoms in total. The molecular weight excluding hydrogens is 366 g/mol. The number of carboxylic acids is 1. The highest BCUT2D eigenvalue weighted by molar-refractivity contribution is 9.11. The molecule has 0 aliphatic heterocycles. The molecule has 0 saturated heterocycles. The molecule has 2 aromatic rings. The van der Waals surface area contributed by atoms with Crippen LogP contribution in [0.2, 0.25) is 0 Å². The zero-order chi connectivity index (χ0) is 16.3. The smallest absolute Gasteiger partial charge is 0.330 e. The zero-order valence-electron chi connectivity index (χ0n) is 12.2. The summed E-state index contributed by atoms with van der Waals surface area (Å²) in [6.07, 6.45) is 0.172. The van der Waals surface area contributed by atoms with Crippen LogP contribution in [0.15, 0.2) is 34.1 Å². The molecule has 0 fully saturated rings. The van der Waals surface area contributed by atoms with E-state index in [9.17, 15) is 14.7 Å². The highest BCUT2D eigenvalue weighted by Crippen LogP contribution is 2.23. The van der Waals surface area contributed by atoms with Crippen molar-refractivity contribution in [2.45, 2.75) is 26.3 Å². The molecule has 1 heterocycles. The van der Waals surface area contributed by atoms with Crippen LogP contribution in [0.3, 0.4) is 0 Å². The molecule has 2 N–H and O–H groups in total. The number of carboxylic acid groups (broad SMARTS) is 1. The SMILES string of the molecule is Cc1ccc(C(NC(=O)Cc2ccc(Br)s2)C(=O)O)cc1C. The van der Waals surface area contributed by atoms with Crippen LogP contribution in [0.5, 0.6) is 0 Å². The van der Waals surface area contributed by atoms with Gasteiger partial charge in [-0.05, 0) is 58.6 Å². The molecule has 0 radical (unpaired) electrons. The minimum Gasteiger partial charge on any atom is -0.479 e. The van der Waals surface area contributed by atoms with E-state index < -0.39 is 12.0 Å². The summed E-state index contributed by atoms with van der Waals surface area (Å²) in [5, 5.41) is 12.0. The molecule has 0 bridgehead atoms. The van der Waals surface area contributed by atoms with Crippen LogP contribution in [-0.4, -0.2) is 17.0 Å². The van der Waals surface area contributed by atoms with E-state index in [1.54, 1.807) is 12.1 Å². The van der Waals surface area contributed by atoms with Gasteiger partial charge in [0, 0.05) is 4.88 Å². The van der Waals surface area contributed by atoms with E-state index >= 15 is 0 Å². The van der Waals surface area contributed by atoms with Crippen LogP contribution in [0.1, 0.15) is 27.6 Å². The zero-order valence-corrected chi connectivity index (χ0v) is 14.6. The van der Waals surface area contributed by atoms with Crippen molar-refractivity contribution in [3.05, 3.63) is 55.7 Å². The number of benzene rings is 1. The van der Waals surface area contributed by atoms with Gasteiger partial charge in [-0.25, -0.2) is 4.79 Å². The quantitative estimate of drug-likeness (QED) is 0.830. The van der Waals surface area contributed by atoms with Crippen molar-refractivity contribution in [3.63, 3.8) is 0 Å². The number of aryl methyl sites for hydroxylation is 2. The van der Waals surface area contributed by atoms with E-state index in [4.69, 9.17) is 0 Å². The lowest BCUT2D eigenvalue weighted by Crippen LogP contribution is -2.34. The lowest BCUT2D eigenvalue weighted by molar-refractivity contribution is -0.141. The molecule has 1 amide bonds. The number of nitrogens with one attached hydrogen (secondary N) is 1. The normalized spacial score (nSPS) is 12.0. The van der Waals surface area contributed by atoms with Gasteiger partial charge in [0.15, 0.2) is 6.04 Å². The molecule has 0 aliphatic carbocycles. The molecule has 1 aromatic carbocycles. The van der Waals surface area contributed by atoms with Gasteiger partial charge in [0.25, 0.3) is 0 Å². The second-order valence-electron chi connectivity index (χ2n) is 5.07. The standard InChI is InChI=1S/C16H16BrNO3S/c1-9-3-4-11(7-10(9)2)15(16(20)21)18-14(19)8-12-5-6-13(17)22-12/h3-7,15H,8H2,1-2H3,(H,18,19)(H,20,21). The number of hydrogen-bond acceptors (Lipinski definition) is 3. The summed E-state index contributed by atoms with van der Waals surface area (Å²) in [6.45, 7) is 3.88. The Morgan fingerprint density at radius 3 is 2.50 bits per heavy atom. The van der Waals surface area contributed by atoms with E-state index in [-0.39, 0.29) is 12.3 Å². The van der Waals surface area contributed by atoms with Gasteiger partial charge in [0.05, 0.1) is 10.2 Å². The summed E-state index contributed by atoms with van der Waals surface area (Å²) >= 11 is 4.80. The minimum atomic E-state index is -1.07. The molecule has 1 atom stereocenters. The average Bonchev–Trinajstić information content (AvgIpc) is 2.84. The molecule has 1 unspecified atom stereocenters. The van der Waals surface area contributed by atoms with Crippen molar-refractivity contribution in [1.29, 1.82) is 0 Å². The second kappa shape index (κ2) is 7.07. The average molecular weight is 382 g/mol. The third-order valence-corrected chi connectivity index (χ3v) is 5.00. The lowest BCUT2D eigenvalue weighted by atomic mass is 10.0. The summed E-state index contributed by atoms with van der Waals surface area (Å²) in [7, 11) is 0. The Bertz CT molecular complexity index is 711. The van der Waals surface area contributed by atoms with Crippen molar-refractivity contribution in [2.75, 3.05) is 0 Å². The summed E-state index contributed by atoms with van der Waals surface area (Å²) in [4.78, 5) is 24.4. The molecule has 0 aliphatic rings. The maximum absolute atomic E-state index is 12.1. The second-order valence-corrected chi connectivity index (χ2v) is 7.61. The van der Waals surface area contributed by atoms with Gasteiger partial charge in [0.1, 0.15) is 0 Å². The fourth-order valence-corrected chi connectivity index (χ4v) is 3.53. The van der Waals surface area contributed by atoms with Crippen LogP contribution in [0, 0.1) is 13.8 Å². The molecule has 6 heteroatoms. The molecular formula is C16H16BrNO3S. The first-order valence-corrected chi connectivity index (χ1v) is 8.31. The molecule has 2 rings (SSSR count). The van der Waals surface area contributed by atoms with Gasteiger partial charge in [-0.1, -0.05) is 18.2 Å². The molecule has 22 heavy (non-hydrogen) atoms. The number of carbonyl (C=O) groups excluding carboxylic acids is 1. The Hall–Kier alpha value is -1.66. The van der Waals surface area contributed by atoms with Crippen molar-refractivity contribution < 1.29 is 14.7 Å². The number of amides is 1. The Labute approximate surface area is 141 Å². The number of hydrogen-bond donors (Lipinski definition) is 2. The van der Waals surface area contributed by atoms with Crippen LogP contribution < -0.4 is 5.32 Å². The Balaban J connectivity index is 2.13. The van der Waals surface area contributed by atoms with E-state index in [0.29, 0.717) is 5.56 Å². The third kappa shape index (κ3) is 4.18. The fourth-order valence-electron chi connectivity index (χ4n) is 2.05. The topological polar surface area (TPSA) is 66.4 Å². The van der Waals surface area contributed by atoms with E-state index in [2.05, 4.69) is 21.2 Å². The first-order chi connectivity index (χ1) is 10.4. The van der Waals surface area contributed by atoms with Gasteiger partial charge in [0.2, 0.25) is 5.91 Å². The fraction of sp³-hybridized carbons (Fsp3) is 0.250. The number of carbonyl (C=O) groups is 2. The predicted molar refractivity (Wildman–Crippen MR) is 90.2 cm³/mol. The third-order valence-electron chi connectivity index (χ3n) is 3.38. The summed E-state index contributed by atoms with van der Waals surface area (Å²) in [5.74, 6) is -1.37. The Morgan fingerprint density at radius 1 is 1.23 bits per heavy atom. The molecule has 0 saturated carbocycles. The molecule has 116 valence electrons. The van der Waals surface area contributed by atoms with Gasteiger partial charge in [-0.3, -0.25) is 4.79 Å². The number of aliphatic carboxylic acids is 1.